The number of hydrogen-bond donors (Lipinski definition) is 1. The molecule has 0 bridgehead atoms. The van der Waals surface area contributed by atoms with Crippen LogP contribution in [-0.2, 0) is 22.3 Å². The molecule has 4 nitrogen and oxygen atoms in total. The predicted octanol–water partition coefficient (Wildman–Crippen LogP) is 2.72. The Labute approximate surface area is 132 Å². The van der Waals surface area contributed by atoms with Crippen LogP contribution in [0.1, 0.15) is 37.8 Å². The van der Waals surface area contributed by atoms with Gasteiger partial charge in [0.25, 0.3) is 0 Å². The maximum Gasteiger partial charge on any atom is 0.416 e. The molecule has 2 fully saturated rings. The van der Waals surface area contributed by atoms with Gasteiger partial charge in [0, 0.05) is 6.54 Å². The molecule has 7 heteroatoms. The van der Waals surface area contributed by atoms with Gasteiger partial charge in [0.05, 0.1) is 12.1 Å². The van der Waals surface area contributed by atoms with E-state index >= 15 is 0 Å². The van der Waals surface area contributed by atoms with Crippen molar-refractivity contribution >= 4 is 11.8 Å². The Balaban J connectivity index is 0.000000924. The highest BCUT2D eigenvalue weighted by Crippen LogP contribution is 2.44. The molecule has 1 aromatic rings. The normalized spacial score (nSPS) is 19.1. The molecule has 2 amide bonds. The third kappa shape index (κ3) is 3.33. The Hall–Kier alpha value is -2.05. The van der Waals surface area contributed by atoms with Gasteiger partial charge in [0.1, 0.15) is 5.54 Å². The van der Waals surface area contributed by atoms with Gasteiger partial charge in [0.2, 0.25) is 11.8 Å². The molecule has 1 spiro atoms. The number of halogens is 3. The monoisotopic (exact) mass is 328 g/mol. The number of rotatable bonds is 2. The molecule has 2 aliphatic rings. The molecule has 0 radical (unpaired) electrons. The number of benzene rings is 1. The van der Waals surface area contributed by atoms with Crippen molar-refractivity contribution in [1.29, 1.82) is 0 Å². The second-order valence-corrected chi connectivity index (χ2v) is 5.39. The zero-order valence-corrected chi connectivity index (χ0v) is 13.0. The van der Waals surface area contributed by atoms with E-state index < -0.39 is 17.3 Å². The Kier molecular flexibility index (Phi) is 4.68. The fourth-order valence-electron chi connectivity index (χ4n) is 2.61. The fourth-order valence-corrected chi connectivity index (χ4v) is 2.61. The number of nitrogens with zero attached hydrogens (tertiary/aromatic N) is 1. The van der Waals surface area contributed by atoms with Crippen LogP contribution in [0, 0.1) is 0 Å². The van der Waals surface area contributed by atoms with E-state index in [0.29, 0.717) is 18.4 Å². The highest BCUT2D eigenvalue weighted by Gasteiger charge is 2.58. The van der Waals surface area contributed by atoms with Gasteiger partial charge >= 0.3 is 6.18 Å². The molecular formula is C16H19F3N2O2. The molecule has 1 N–H and O–H groups in total. The van der Waals surface area contributed by atoms with Crippen molar-refractivity contribution in [3.8, 4) is 0 Å². The fraction of sp³-hybridized carbons (Fsp3) is 0.500. The number of piperazine rings is 1. The molecule has 1 saturated carbocycles. The first kappa shape index (κ1) is 17.3. The van der Waals surface area contributed by atoms with Crippen molar-refractivity contribution < 1.29 is 22.8 Å². The van der Waals surface area contributed by atoms with Crippen LogP contribution < -0.4 is 5.32 Å². The molecule has 23 heavy (non-hydrogen) atoms. The SMILES string of the molecule is CC.O=C1CNC(=O)C2(CC2)N1Cc1ccc(C(F)(F)F)cc1. The van der Waals surface area contributed by atoms with E-state index in [2.05, 4.69) is 5.32 Å². The first-order valence-electron chi connectivity index (χ1n) is 7.58. The molecule has 1 aromatic carbocycles. The van der Waals surface area contributed by atoms with Crippen LogP contribution in [0.3, 0.4) is 0 Å². The van der Waals surface area contributed by atoms with Crippen LogP contribution >= 0.6 is 0 Å². The first-order chi connectivity index (χ1) is 10.8. The first-order valence-corrected chi connectivity index (χ1v) is 7.58. The van der Waals surface area contributed by atoms with E-state index in [4.69, 9.17) is 0 Å². The highest BCUT2D eigenvalue weighted by atomic mass is 19.4. The maximum absolute atomic E-state index is 12.5. The largest absolute Gasteiger partial charge is 0.416 e. The Morgan fingerprint density at radius 1 is 1.13 bits per heavy atom. The van der Waals surface area contributed by atoms with E-state index in [1.54, 1.807) is 0 Å². The number of carbonyl (C=O) groups is 2. The molecule has 1 saturated heterocycles. The van der Waals surface area contributed by atoms with Gasteiger partial charge in [-0.2, -0.15) is 13.2 Å². The second kappa shape index (κ2) is 6.22. The summed E-state index contributed by atoms with van der Waals surface area (Å²) in [5.74, 6) is -0.374. The summed E-state index contributed by atoms with van der Waals surface area (Å²) in [4.78, 5) is 25.3. The van der Waals surface area contributed by atoms with Crippen molar-refractivity contribution in [1.82, 2.24) is 10.2 Å². The number of amides is 2. The van der Waals surface area contributed by atoms with Crippen LogP contribution in [0.2, 0.25) is 0 Å². The molecule has 0 aromatic heterocycles. The zero-order chi connectivity index (χ0) is 17.3. The quantitative estimate of drug-likeness (QED) is 0.907. The lowest BCUT2D eigenvalue weighted by molar-refractivity contribution is -0.148. The lowest BCUT2D eigenvalue weighted by Crippen LogP contribution is -2.59. The van der Waals surface area contributed by atoms with E-state index in [0.717, 1.165) is 12.1 Å². The summed E-state index contributed by atoms with van der Waals surface area (Å²) in [7, 11) is 0. The molecule has 1 heterocycles. The van der Waals surface area contributed by atoms with Gasteiger partial charge in [-0.1, -0.05) is 26.0 Å². The second-order valence-electron chi connectivity index (χ2n) is 5.39. The lowest BCUT2D eigenvalue weighted by Gasteiger charge is -2.35. The summed E-state index contributed by atoms with van der Waals surface area (Å²) in [5, 5.41) is 2.55. The molecule has 3 rings (SSSR count). The van der Waals surface area contributed by atoms with E-state index in [1.807, 2.05) is 13.8 Å². The van der Waals surface area contributed by atoms with Gasteiger partial charge in [-0.25, -0.2) is 0 Å². The van der Waals surface area contributed by atoms with Gasteiger partial charge < -0.3 is 10.2 Å². The summed E-state index contributed by atoms with van der Waals surface area (Å²) in [6, 6.07) is 4.67. The topological polar surface area (TPSA) is 49.4 Å². The van der Waals surface area contributed by atoms with E-state index in [9.17, 15) is 22.8 Å². The minimum absolute atomic E-state index is 0.0543. The van der Waals surface area contributed by atoms with Crippen molar-refractivity contribution in [2.24, 2.45) is 0 Å². The maximum atomic E-state index is 12.5. The Morgan fingerprint density at radius 2 is 1.70 bits per heavy atom. The van der Waals surface area contributed by atoms with Crippen molar-refractivity contribution in [3.63, 3.8) is 0 Å². The van der Waals surface area contributed by atoms with Crippen molar-refractivity contribution in [2.45, 2.75) is 44.9 Å². The Morgan fingerprint density at radius 3 is 2.17 bits per heavy atom. The average molecular weight is 328 g/mol. The van der Waals surface area contributed by atoms with Gasteiger partial charge in [0.15, 0.2) is 0 Å². The standard InChI is InChI=1S/C14H13F3N2O2.C2H6/c15-14(16,17)10-3-1-9(2-4-10)8-19-11(20)7-18-12(21)13(19)5-6-13;1-2/h1-4H,5-8H2,(H,18,21);1-2H3. The number of carbonyl (C=O) groups excluding carboxylic acids is 2. The zero-order valence-electron chi connectivity index (χ0n) is 13.0. The summed E-state index contributed by atoms with van der Waals surface area (Å²) in [6.45, 7) is 4.10. The third-order valence-electron chi connectivity index (χ3n) is 3.99. The number of nitrogens with one attached hydrogen (secondary N) is 1. The molecule has 0 unspecified atom stereocenters. The van der Waals surface area contributed by atoms with Crippen LogP contribution in [0.5, 0.6) is 0 Å². The molecular weight excluding hydrogens is 309 g/mol. The average Bonchev–Trinajstić information content (AvgIpc) is 3.31. The van der Waals surface area contributed by atoms with E-state index in [1.165, 1.54) is 17.0 Å². The van der Waals surface area contributed by atoms with Crippen LogP contribution in [0.15, 0.2) is 24.3 Å². The lowest BCUT2D eigenvalue weighted by atomic mass is 10.1. The third-order valence-corrected chi connectivity index (χ3v) is 3.99. The van der Waals surface area contributed by atoms with E-state index in [-0.39, 0.29) is 24.9 Å². The number of hydrogen-bond acceptors (Lipinski definition) is 2. The molecule has 126 valence electrons. The highest BCUT2D eigenvalue weighted by molar-refractivity contribution is 6.00. The smallest absolute Gasteiger partial charge is 0.345 e. The summed E-state index contributed by atoms with van der Waals surface area (Å²) >= 11 is 0. The van der Waals surface area contributed by atoms with Gasteiger partial charge in [-0.15, -0.1) is 0 Å². The van der Waals surface area contributed by atoms with Gasteiger partial charge in [-0.3, -0.25) is 9.59 Å². The summed E-state index contributed by atoms with van der Waals surface area (Å²) in [6.07, 6.45) is -3.17. The van der Waals surface area contributed by atoms with Crippen LogP contribution in [0.4, 0.5) is 13.2 Å². The Bertz CT molecular complexity index is 592. The van der Waals surface area contributed by atoms with Crippen molar-refractivity contribution in [3.05, 3.63) is 35.4 Å². The summed E-state index contributed by atoms with van der Waals surface area (Å²) < 4.78 is 37.5. The summed E-state index contributed by atoms with van der Waals surface area (Å²) in [5.41, 5.74) is -0.926. The van der Waals surface area contributed by atoms with Crippen LogP contribution in [-0.4, -0.2) is 28.8 Å². The molecule has 1 aliphatic carbocycles. The van der Waals surface area contributed by atoms with Crippen LogP contribution in [0.25, 0.3) is 0 Å². The minimum atomic E-state index is -4.38. The predicted molar refractivity (Wildman–Crippen MR) is 78.3 cm³/mol. The molecule has 1 aliphatic heterocycles. The molecule has 0 atom stereocenters. The minimum Gasteiger partial charge on any atom is -0.345 e. The van der Waals surface area contributed by atoms with Crippen molar-refractivity contribution in [2.75, 3.05) is 6.54 Å². The van der Waals surface area contributed by atoms with Gasteiger partial charge in [-0.05, 0) is 30.5 Å². The number of alkyl halides is 3.